The highest BCUT2D eigenvalue weighted by molar-refractivity contribution is 5.91. The van der Waals surface area contributed by atoms with E-state index >= 15 is 0 Å². The molecule has 0 unspecified atom stereocenters. The second-order valence-electron chi connectivity index (χ2n) is 6.02. The molecule has 0 saturated heterocycles. The summed E-state index contributed by atoms with van der Waals surface area (Å²) in [4.78, 5) is 20.7. The molecule has 1 aliphatic heterocycles. The van der Waals surface area contributed by atoms with Crippen molar-refractivity contribution in [1.29, 1.82) is 0 Å². The van der Waals surface area contributed by atoms with Crippen LogP contribution in [0, 0.1) is 0 Å². The summed E-state index contributed by atoms with van der Waals surface area (Å²) in [7, 11) is 0. The van der Waals surface area contributed by atoms with Crippen molar-refractivity contribution < 1.29 is 34.0 Å². The molecular weight excluding hydrogens is 412 g/mol. The van der Waals surface area contributed by atoms with Gasteiger partial charge in [-0.05, 0) is 36.4 Å². The zero-order chi connectivity index (χ0) is 23.0. The zero-order valence-corrected chi connectivity index (χ0v) is 17.0. The molecule has 1 heterocycles. The number of allylic oxidation sites excluding steroid dienone is 9. The largest absolute Gasteiger partial charge is 0.494 e. The Labute approximate surface area is 185 Å². The number of carboxylic acids is 2. The molecule has 0 aromatic heterocycles. The highest BCUT2D eigenvalue weighted by Gasteiger charge is 2.05. The van der Waals surface area contributed by atoms with Gasteiger partial charge in [0.15, 0.2) is 0 Å². The monoisotopic (exact) mass is 434 g/mol. The van der Waals surface area contributed by atoms with E-state index < -0.39 is 11.9 Å². The summed E-state index contributed by atoms with van der Waals surface area (Å²) >= 11 is 0. The molecule has 3 rings (SSSR count). The van der Waals surface area contributed by atoms with Gasteiger partial charge in [-0.3, -0.25) is 0 Å². The fourth-order valence-electron chi connectivity index (χ4n) is 2.28. The van der Waals surface area contributed by atoms with Gasteiger partial charge in [-0.1, -0.05) is 48.6 Å². The van der Waals surface area contributed by atoms with Gasteiger partial charge < -0.3 is 24.4 Å². The number of benzene rings is 1. The summed E-state index contributed by atoms with van der Waals surface area (Å²) in [5.74, 6) is -1.41. The lowest BCUT2D eigenvalue weighted by molar-refractivity contribution is 0.0681. The third-order valence-corrected chi connectivity index (χ3v) is 3.81. The Bertz CT molecular complexity index is 984. The SMILES string of the molecule is C1=C\C=C/C=C2\O/C=C\O/C=C\OC/C=C2/C=C\C=C/1.O=C(O)c1ccc(C(=O)O)cc1. The maximum atomic E-state index is 10.3. The molecule has 164 valence electrons. The van der Waals surface area contributed by atoms with E-state index in [1.54, 1.807) is 0 Å². The van der Waals surface area contributed by atoms with Crippen LogP contribution in [0.2, 0.25) is 0 Å². The number of ether oxygens (including phenoxy) is 3. The van der Waals surface area contributed by atoms with Gasteiger partial charge >= 0.3 is 11.9 Å². The topological polar surface area (TPSA) is 102 Å². The fraction of sp³-hybridized carbons (Fsp3) is 0.0400. The van der Waals surface area contributed by atoms with Gasteiger partial charge in [0.1, 0.15) is 37.4 Å². The minimum Gasteiger partial charge on any atom is -0.494 e. The maximum Gasteiger partial charge on any atom is 0.335 e. The molecule has 1 aromatic rings. The van der Waals surface area contributed by atoms with Crippen LogP contribution in [0.5, 0.6) is 0 Å². The van der Waals surface area contributed by atoms with E-state index in [-0.39, 0.29) is 11.1 Å². The number of rotatable bonds is 2. The fourth-order valence-corrected chi connectivity index (χ4v) is 2.28. The van der Waals surface area contributed by atoms with E-state index in [9.17, 15) is 9.59 Å². The number of carboxylic acid groups (broad SMARTS) is 2. The summed E-state index contributed by atoms with van der Waals surface area (Å²) < 4.78 is 15.9. The van der Waals surface area contributed by atoms with Gasteiger partial charge in [-0.15, -0.1) is 0 Å². The quantitative estimate of drug-likeness (QED) is 0.666. The van der Waals surface area contributed by atoms with Crippen LogP contribution in [0.15, 0.2) is 121 Å². The number of fused-ring (bicyclic) bond motifs is 1. The molecule has 0 amide bonds. The molecule has 1 aromatic carbocycles. The van der Waals surface area contributed by atoms with Gasteiger partial charge in [0.25, 0.3) is 0 Å². The molecule has 2 aliphatic rings. The third kappa shape index (κ3) is 8.87. The molecule has 7 nitrogen and oxygen atoms in total. The third-order valence-electron chi connectivity index (χ3n) is 3.81. The van der Waals surface area contributed by atoms with Gasteiger partial charge in [0, 0.05) is 5.57 Å². The normalized spacial score (nSPS) is 24.2. The molecule has 2 N–H and O–H groups in total. The van der Waals surface area contributed by atoms with Crippen LogP contribution in [0.1, 0.15) is 20.7 Å². The number of hydrogen-bond donors (Lipinski definition) is 2. The molecule has 0 radical (unpaired) electrons. The molecule has 0 spiro atoms. The first-order chi connectivity index (χ1) is 15.6. The summed E-state index contributed by atoms with van der Waals surface area (Å²) in [5.41, 5.74) is 1.10. The van der Waals surface area contributed by atoms with Gasteiger partial charge in [0.05, 0.1) is 11.1 Å². The van der Waals surface area contributed by atoms with Crippen molar-refractivity contribution in [3.8, 4) is 0 Å². The van der Waals surface area contributed by atoms with Crippen molar-refractivity contribution in [1.82, 2.24) is 0 Å². The van der Waals surface area contributed by atoms with E-state index in [4.69, 9.17) is 24.4 Å². The lowest BCUT2D eigenvalue weighted by Gasteiger charge is -2.07. The van der Waals surface area contributed by atoms with Crippen molar-refractivity contribution in [2.24, 2.45) is 0 Å². The molecule has 7 heteroatoms. The van der Waals surface area contributed by atoms with Crippen LogP contribution in [-0.4, -0.2) is 28.8 Å². The van der Waals surface area contributed by atoms with Crippen LogP contribution < -0.4 is 0 Å². The smallest absolute Gasteiger partial charge is 0.335 e. The first-order valence-electron chi connectivity index (χ1n) is 9.47. The Kier molecular flexibility index (Phi) is 10.1. The van der Waals surface area contributed by atoms with Gasteiger partial charge in [-0.25, -0.2) is 9.59 Å². The second kappa shape index (κ2) is 13.7. The molecule has 0 saturated carbocycles. The first kappa shape index (κ1) is 23.8. The summed E-state index contributed by atoms with van der Waals surface area (Å²) in [6, 6.07) is 5.02. The predicted octanol–water partition coefficient (Wildman–Crippen LogP) is 5.12. The Morgan fingerprint density at radius 2 is 1.28 bits per heavy atom. The van der Waals surface area contributed by atoms with E-state index in [1.165, 1.54) is 49.3 Å². The average molecular weight is 434 g/mol. The van der Waals surface area contributed by atoms with Crippen molar-refractivity contribution in [3.05, 3.63) is 133 Å². The first-order valence-corrected chi connectivity index (χ1v) is 9.47. The summed E-state index contributed by atoms with van der Waals surface area (Å²) in [6.45, 7) is 0.436. The predicted molar refractivity (Wildman–Crippen MR) is 119 cm³/mol. The zero-order valence-electron chi connectivity index (χ0n) is 17.0. The van der Waals surface area contributed by atoms with Gasteiger partial charge in [-0.2, -0.15) is 0 Å². The van der Waals surface area contributed by atoms with Crippen molar-refractivity contribution in [3.63, 3.8) is 0 Å². The molecule has 1 aliphatic carbocycles. The highest BCUT2D eigenvalue weighted by atomic mass is 16.5. The minimum atomic E-state index is -1.06. The van der Waals surface area contributed by atoms with Crippen LogP contribution in [-0.2, 0) is 14.2 Å². The Morgan fingerprint density at radius 1 is 0.719 bits per heavy atom. The van der Waals surface area contributed by atoms with Crippen LogP contribution in [0.3, 0.4) is 0 Å². The van der Waals surface area contributed by atoms with Crippen LogP contribution >= 0.6 is 0 Å². The Morgan fingerprint density at radius 3 is 1.91 bits per heavy atom. The van der Waals surface area contributed by atoms with E-state index in [0.717, 1.165) is 5.57 Å². The molecule has 32 heavy (non-hydrogen) atoms. The highest BCUT2D eigenvalue weighted by Crippen LogP contribution is 2.15. The lowest BCUT2D eigenvalue weighted by Crippen LogP contribution is -1.99. The number of aromatic carboxylic acids is 2. The van der Waals surface area contributed by atoms with Crippen LogP contribution in [0.25, 0.3) is 0 Å². The van der Waals surface area contributed by atoms with Crippen molar-refractivity contribution in [2.45, 2.75) is 0 Å². The Hall–Kier alpha value is -4.52. The molecule has 0 atom stereocenters. The van der Waals surface area contributed by atoms with Crippen molar-refractivity contribution >= 4 is 11.9 Å². The van der Waals surface area contributed by atoms with Crippen molar-refractivity contribution in [2.75, 3.05) is 6.61 Å². The summed E-state index contributed by atoms with van der Waals surface area (Å²) in [5, 5.41) is 16.9. The van der Waals surface area contributed by atoms with E-state index in [1.807, 2.05) is 60.8 Å². The maximum absolute atomic E-state index is 10.3. The number of carbonyl (C=O) groups is 2. The Balaban J connectivity index is 0.000000258. The molecule has 0 fully saturated rings. The molecular formula is C25H22O7. The minimum absolute atomic E-state index is 0.0833. The number of hydrogen-bond acceptors (Lipinski definition) is 5. The lowest BCUT2D eigenvalue weighted by atomic mass is 10.1. The second-order valence-corrected chi connectivity index (χ2v) is 6.02. The average Bonchev–Trinajstić information content (AvgIpc) is 2.87. The summed E-state index contributed by atoms with van der Waals surface area (Å²) in [6.07, 6.45) is 25.3. The van der Waals surface area contributed by atoms with Crippen LogP contribution in [0.4, 0.5) is 0 Å². The standard InChI is InChI=1S/C17H16O3.C8H6O4/c1-2-4-6-8-16-10-11-18-12-13-19-14-15-20-17(16)9-7-5-3-1;9-7(10)5-1-2-6(4-3-5)8(11)12/h1-10,12-15H,11H2;1-4H,(H,9,10)(H,11,12)/b3-1-,4-2-,7-5-,8-6-,13-12-,15-14-,16-10-,17-9-;. The van der Waals surface area contributed by atoms with E-state index in [2.05, 4.69) is 0 Å². The van der Waals surface area contributed by atoms with Gasteiger partial charge in [0.2, 0.25) is 0 Å². The van der Waals surface area contributed by atoms with E-state index in [0.29, 0.717) is 12.4 Å². The molecule has 0 bridgehead atoms.